The van der Waals surface area contributed by atoms with E-state index in [2.05, 4.69) is 11.1 Å². The van der Waals surface area contributed by atoms with Crippen LogP contribution in [-0.2, 0) is 28.3 Å². The molecule has 0 aliphatic carbocycles. The van der Waals surface area contributed by atoms with Crippen LogP contribution in [0.2, 0.25) is 0 Å². The number of amides is 1. The van der Waals surface area contributed by atoms with Crippen molar-refractivity contribution in [3.05, 3.63) is 41.9 Å². The fourth-order valence-electron chi connectivity index (χ4n) is 3.91. The van der Waals surface area contributed by atoms with Gasteiger partial charge in [-0.05, 0) is 37.8 Å². The molecule has 2 aliphatic heterocycles. The van der Waals surface area contributed by atoms with Crippen LogP contribution in [0, 0.1) is 12.8 Å². The summed E-state index contributed by atoms with van der Waals surface area (Å²) in [7, 11) is -1.83. The Hall–Kier alpha value is -2.19. The summed E-state index contributed by atoms with van der Waals surface area (Å²) in [5, 5.41) is 0.0840. The number of aromatic nitrogens is 2. The lowest BCUT2D eigenvalue weighted by Gasteiger charge is -2.32. The van der Waals surface area contributed by atoms with Crippen LogP contribution < -0.4 is 4.90 Å². The van der Waals surface area contributed by atoms with E-state index in [0.717, 1.165) is 12.1 Å². The van der Waals surface area contributed by atoms with E-state index in [9.17, 15) is 13.2 Å². The number of rotatable bonds is 3. The number of benzene rings is 1. The van der Waals surface area contributed by atoms with Crippen LogP contribution in [0.15, 0.2) is 35.5 Å². The van der Waals surface area contributed by atoms with Crippen molar-refractivity contribution in [1.82, 2.24) is 13.9 Å². The highest BCUT2D eigenvalue weighted by Gasteiger charge is 2.36. The molecule has 0 unspecified atom stereocenters. The van der Waals surface area contributed by atoms with Gasteiger partial charge in [-0.2, -0.15) is 4.31 Å². The SMILES string of the molecule is Cc1nc(S(=O)(=O)N2CCC(C(=O)N3CCc4ccccc43)CC2)cn1C. The third-order valence-electron chi connectivity index (χ3n) is 5.65. The molecule has 0 radical (unpaired) electrons. The van der Waals surface area contributed by atoms with E-state index in [0.29, 0.717) is 38.3 Å². The van der Waals surface area contributed by atoms with Crippen molar-refractivity contribution in [2.75, 3.05) is 24.5 Å². The minimum atomic E-state index is -3.60. The number of hydrogen-bond donors (Lipinski definition) is 0. The van der Waals surface area contributed by atoms with E-state index in [-0.39, 0.29) is 16.9 Å². The Morgan fingerprint density at radius 1 is 1.15 bits per heavy atom. The number of para-hydroxylation sites is 1. The number of piperidine rings is 1. The summed E-state index contributed by atoms with van der Waals surface area (Å²) < 4.78 is 28.8. The summed E-state index contributed by atoms with van der Waals surface area (Å²) in [5.74, 6) is 0.644. The third-order valence-corrected chi connectivity index (χ3v) is 7.42. The lowest BCUT2D eigenvalue weighted by atomic mass is 9.96. The average molecular weight is 388 g/mol. The maximum absolute atomic E-state index is 13.0. The lowest BCUT2D eigenvalue weighted by Crippen LogP contribution is -2.44. The highest BCUT2D eigenvalue weighted by atomic mass is 32.2. The van der Waals surface area contributed by atoms with Gasteiger partial charge in [-0.3, -0.25) is 4.79 Å². The number of anilines is 1. The van der Waals surface area contributed by atoms with Crippen LogP contribution >= 0.6 is 0 Å². The predicted octanol–water partition coefficient (Wildman–Crippen LogP) is 1.72. The van der Waals surface area contributed by atoms with Crippen LogP contribution in [0.25, 0.3) is 0 Å². The first-order valence-corrected chi connectivity index (χ1v) is 10.7. The third kappa shape index (κ3) is 3.17. The molecule has 2 aliphatic rings. The fraction of sp³-hybridized carbons (Fsp3) is 0.474. The van der Waals surface area contributed by atoms with E-state index in [1.54, 1.807) is 24.7 Å². The molecule has 4 rings (SSSR count). The normalized spacial score (nSPS) is 18.7. The van der Waals surface area contributed by atoms with Crippen molar-refractivity contribution in [3.63, 3.8) is 0 Å². The molecule has 1 amide bonds. The smallest absolute Gasteiger partial charge is 0.262 e. The van der Waals surface area contributed by atoms with Gasteiger partial charge in [-0.15, -0.1) is 0 Å². The van der Waals surface area contributed by atoms with Gasteiger partial charge in [0.2, 0.25) is 5.91 Å². The van der Waals surface area contributed by atoms with Crippen LogP contribution in [0.5, 0.6) is 0 Å². The molecule has 0 saturated carbocycles. The van der Waals surface area contributed by atoms with Gasteiger partial charge >= 0.3 is 0 Å². The van der Waals surface area contributed by atoms with Crippen LogP contribution in [0.1, 0.15) is 24.2 Å². The van der Waals surface area contributed by atoms with Crippen molar-refractivity contribution in [2.24, 2.45) is 13.0 Å². The quantitative estimate of drug-likeness (QED) is 0.802. The Balaban J connectivity index is 1.44. The van der Waals surface area contributed by atoms with Crippen molar-refractivity contribution < 1.29 is 13.2 Å². The van der Waals surface area contributed by atoms with E-state index < -0.39 is 10.0 Å². The molecule has 2 aromatic rings. The first-order chi connectivity index (χ1) is 12.9. The molecular weight excluding hydrogens is 364 g/mol. The van der Waals surface area contributed by atoms with Gasteiger partial charge in [-0.1, -0.05) is 18.2 Å². The molecule has 0 bridgehead atoms. The van der Waals surface area contributed by atoms with E-state index in [1.165, 1.54) is 9.87 Å². The van der Waals surface area contributed by atoms with Gasteiger partial charge in [0, 0.05) is 44.5 Å². The number of nitrogens with zero attached hydrogens (tertiary/aromatic N) is 4. The number of carbonyl (C=O) groups is 1. The molecular formula is C19H24N4O3S. The second-order valence-corrected chi connectivity index (χ2v) is 9.17. The second-order valence-electron chi connectivity index (χ2n) is 7.28. The first-order valence-electron chi connectivity index (χ1n) is 9.27. The van der Waals surface area contributed by atoms with E-state index in [1.807, 2.05) is 23.1 Å². The van der Waals surface area contributed by atoms with Crippen molar-refractivity contribution in [2.45, 2.75) is 31.2 Å². The number of hydrogen-bond acceptors (Lipinski definition) is 4. The van der Waals surface area contributed by atoms with E-state index >= 15 is 0 Å². The lowest BCUT2D eigenvalue weighted by molar-refractivity contribution is -0.123. The van der Waals surface area contributed by atoms with Crippen molar-refractivity contribution in [1.29, 1.82) is 0 Å². The minimum Gasteiger partial charge on any atom is -0.337 e. The summed E-state index contributed by atoms with van der Waals surface area (Å²) in [4.78, 5) is 19.0. The molecule has 0 N–H and O–H groups in total. The zero-order valence-corrected chi connectivity index (χ0v) is 16.4. The largest absolute Gasteiger partial charge is 0.337 e. The highest BCUT2D eigenvalue weighted by Crippen LogP contribution is 2.31. The maximum Gasteiger partial charge on any atom is 0.262 e. The summed E-state index contributed by atoms with van der Waals surface area (Å²) >= 11 is 0. The Labute approximate surface area is 159 Å². The van der Waals surface area contributed by atoms with Gasteiger partial charge < -0.3 is 9.47 Å². The molecule has 1 aromatic carbocycles. The Morgan fingerprint density at radius 3 is 2.52 bits per heavy atom. The fourth-order valence-corrected chi connectivity index (χ4v) is 5.41. The summed E-state index contributed by atoms with van der Waals surface area (Å²) in [6.45, 7) is 3.19. The number of aryl methyl sites for hydroxylation is 2. The topological polar surface area (TPSA) is 75.5 Å². The summed E-state index contributed by atoms with van der Waals surface area (Å²) in [6.07, 6.45) is 3.52. The molecule has 3 heterocycles. The monoisotopic (exact) mass is 388 g/mol. The van der Waals surface area contributed by atoms with Gasteiger partial charge in [-0.25, -0.2) is 13.4 Å². The maximum atomic E-state index is 13.0. The first kappa shape index (κ1) is 18.2. The minimum absolute atomic E-state index is 0.0840. The predicted molar refractivity (Wildman–Crippen MR) is 102 cm³/mol. The molecule has 1 aromatic heterocycles. The highest BCUT2D eigenvalue weighted by molar-refractivity contribution is 7.89. The molecule has 0 atom stereocenters. The molecule has 8 heteroatoms. The number of fused-ring (bicyclic) bond motifs is 1. The van der Waals surface area contributed by atoms with Crippen molar-refractivity contribution in [3.8, 4) is 0 Å². The standard InChI is InChI=1S/C19H24N4O3S/c1-14-20-18(13-21(14)2)27(25,26)22-10-7-16(8-11-22)19(24)23-12-9-15-5-3-4-6-17(15)23/h3-6,13,16H,7-12H2,1-2H3. The van der Waals surface area contributed by atoms with Gasteiger partial charge in [0.25, 0.3) is 10.0 Å². The Kier molecular flexibility index (Phi) is 4.55. The van der Waals surface area contributed by atoms with Crippen LogP contribution in [-0.4, -0.2) is 47.8 Å². The molecule has 144 valence electrons. The average Bonchev–Trinajstić information content (AvgIpc) is 3.25. The zero-order valence-electron chi connectivity index (χ0n) is 15.6. The van der Waals surface area contributed by atoms with Gasteiger partial charge in [0.15, 0.2) is 5.03 Å². The molecule has 0 spiro atoms. The molecule has 1 fully saturated rings. The Bertz CT molecular complexity index is 955. The van der Waals surface area contributed by atoms with Crippen LogP contribution in [0.4, 0.5) is 5.69 Å². The van der Waals surface area contributed by atoms with Crippen molar-refractivity contribution >= 4 is 21.6 Å². The molecule has 1 saturated heterocycles. The molecule has 7 nitrogen and oxygen atoms in total. The van der Waals surface area contributed by atoms with E-state index in [4.69, 9.17) is 0 Å². The zero-order chi connectivity index (χ0) is 19.2. The Morgan fingerprint density at radius 2 is 1.85 bits per heavy atom. The van der Waals surface area contributed by atoms with Gasteiger partial charge in [0.05, 0.1) is 0 Å². The van der Waals surface area contributed by atoms with Gasteiger partial charge in [0.1, 0.15) is 5.82 Å². The number of sulfonamides is 1. The van der Waals surface area contributed by atoms with Crippen LogP contribution in [0.3, 0.4) is 0 Å². The second kappa shape index (κ2) is 6.76. The number of imidazole rings is 1. The number of carbonyl (C=O) groups excluding carboxylic acids is 1. The molecule has 27 heavy (non-hydrogen) atoms. The summed E-state index contributed by atoms with van der Waals surface area (Å²) in [5.41, 5.74) is 2.21. The summed E-state index contributed by atoms with van der Waals surface area (Å²) in [6, 6.07) is 8.00.